The highest BCUT2D eigenvalue weighted by molar-refractivity contribution is 6.01. The van der Waals surface area contributed by atoms with Crippen LogP contribution in [0.15, 0.2) is 24.3 Å². The monoisotopic (exact) mass is 331 g/mol. The first kappa shape index (κ1) is 16.9. The molecule has 0 aliphatic carbocycles. The van der Waals surface area contributed by atoms with Gasteiger partial charge in [-0.25, -0.2) is 0 Å². The van der Waals surface area contributed by atoms with Crippen LogP contribution < -0.4 is 4.90 Å². The van der Waals surface area contributed by atoms with Gasteiger partial charge in [-0.3, -0.25) is 19.4 Å². The van der Waals surface area contributed by atoms with E-state index in [2.05, 4.69) is 41.0 Å². The Balaban J connectivity index is 1.46. The molecule has 2 heterocycles. The summed E-state index contributed by atoms with van der Waals surface area (Å²) in [5, 5.41) is 10.2. The summed E-state index contributed by atoms with van der Waals surface area (Å²) in [7, 11) is 0. The smallest absolute Gasteiger partial charge is 0.229 e. The zero-order valence-electron chi connectivity index (χ0n) is 14.1. The second-order valence-corrected chi connectivity index (χ2v) is 6.68. The molecule has 0 aromatic heterocycles. The van der Waals surface area contributed by atoms with E-state index in [9.17, 15) is 14.7 Å². The van der Waals surface area contributed by atoms with Gasteiger partial charge in [0, 0.05) is 51.3 Å². The number of hydrogen-bond acceptors (Lipinski definition) is 5. The molecule has 0 unspecified atom stereocenters. The lowest BCUT2D eigenvalue weighted by molar-refractivity contribution is -0.140. The van der Waals surface area contributed by atoms with Crippen molar-refractivity contribution in [1.29, 1.82) is 0 Å². The second-order valence-electron chi connectivity index (χ2n) is 6.68. The summed E-state index contributed by atoms with van der Waals surface area (Å²) in [5.74, 6) is -0.327. The Bertz CT molecular complexity index is 595. The van der Waals surface area contributed by atoms with Crippen molar-refractivity contribution in [3.8, 4) is 0 Å². The van der Waals surface area contributed by atoms with Crippen molar-refractivity contribution in [2.75, 3.05) is 44.2 Å². The maximum Gasteiger partial charge on any atom is 0.229 e. The van der Waals surface area contributed by atoms with Crippen molar-refractivity contribution in [1.82, 2.24) is 9.80 Å². The number of aliphatic hydroxyl groups excluding tert-OH is 1. The number of anilines is 1. The minimum atomic E-state index is -0.679. The molecule has 2 amide bonds. The molecule has 130 valence electrons. The Morgan fingerprint density at radius 3 is 2.33 bits per heavy atom. The summed E-state index contributed by atoms with van der Waals surface area (Å²) in [6.07, 6.45) is -0.122. The van der Waals surface area contributed by atoms with E-state index >= 15 is 0 Å². The largest absolute Gasteiger partial charge is 0.390 e. The molecule has 1 atom stereocenters. The highest BCUT2D eigenvalue weighted by atomic mass is 16.3. The van der Waals surface area contributed by atoms with E-state index in [1.165, 1.54) is 16.2 Å². The van der Waals surface area contributed by atoms with Gasteiger partial charge in [0.15, 0.2) is 0 Å². The second kappa shape index (κ2) is 7.32. The van der Waals surface area contributed by atoms with Gasteiger partial charge >= 0.3 is 0 Å². The molecule has 0 radical (unpaired) electrons. The fourth-order valence-electron chi connectivity index (χ4n) is 3.41. The normalized spacial score (nSPS) is 20.8. The summed E-state index contributed by atoms with van der Waals surface area (Å²) in [6, 6.07) is 8.49. The average molecular weight is 331 g/mol. The molecular weight excluding hydrogens is 306 g/mol. The number of hydrogen-bond donors (Lipinski definition) is 1. The van der Waals surface area contributed by atoms with Crippen LogP contribution in [0.5, 0.6) is 0 Å². The first-order valence-corrected chi connectivity index (χ1v) is 8.58. The number of benzene rings is 1. The zero-order chi connectivity index (χ0) is 17.1. The lowest BCUT2D eigenvalue weighted by atomic mass is 10.2. The molecule has 2 saturated heterocycles. The third-order valence-electron chi connectivity index (χ3n) is 4.76. The molecule has 3 rings (SSSR count). The molecule has 6 heteroatoms. The molecule has 2 aliphatic heterocycles. The third kappa shape index (κ3) is 3.94. The minimum absolute atomic E-state index is 0.121. The fraction of sp³-hybridized carbons (Fsp3) is 0.556. The highest BCUT2D eigenvalue weighted by Crippen LogP contribution is 2.18. The number of rotatable bonds is 5. The molecule has 1 aromatic carbocycles. The molecule has 2 fully saturated rings. The fourth-order valence-corrected chi connectivity index (χ4v) is 3.41. The van der Waals surface area contributed by atoms with Crippen molar-refractivity contribution in [3.05, 3.63) is 29.8 Å². The van der Waals surface area contributed by atoms with Crippen LogP contribution in [0.1, 0.15) is 18.4 Å². The molecule has 24 heavy (non-hydrogen) atoms. The molecule has 0 spiro atoms. The Morgan fingerprint density at radius 2 is 1.71 bits per heavy atom. The van der Waals surface area contributed by atoms with Gasteiger partial charge in [-0.15, -0.1) is 0 Å². The molecule has 6 nitrogen and oxygen atoms in total. The van der Waals surface area contributed by atoms with Crippen LogP contribution in [0.3, 0.4) is 0 Å². The lowest BCUT2D eigenvalue weighted by Crippen LogP contribution is -2.50. The SMILES string of the molecule is Cc1cccc(N2CCN(C[C@@H](O)CN3C(=O)CCC3=O)CC2)c1. The maximum absolute atomic E-state index is 11.6. The van der Waals surface area contributed by atoms with E-state index in [-0.39, 0.29) is 31.2 Å². The number of aryl methyl sites for hydroxylation is 1. The summed E-state index contributed by atoms with van der Waals surface area (Å²) >= 11 is 0. The van der Waals surface area contributed by atoms with Crippen LogP contribution in [0.4, 0.5) is 5.69 Å². The van der Waals surface area contributed by atoms with Crippen LogP contribution in [-0.2, 0) is 9.59 Å². The van der Waals surface area contributed by atoms with Gasteiger partial charge in [-0.2, -0.15) is 0 Å². The topological polar surface area (TPSA) is 64.1 Å². The number of carbonyl (C=O) groups is 2. The average Bonchev–Trinajstić information content (AvgIpc) is 2.87. The number of β-amino-alcohol motifs (C(OH)–C–C–N with tert-alkyl or cyclic N) is 1. The minimum Gasteiger partial charge on any atom is -0.390 e. The van der Waals surface area contributed by atoms with Crippen molar-refractivity contribution >= 4 is 17.5 Å². The number of carbonyl (C=O) groups excluding carboxylic acids is 2. The molecule has 1 N–H and O–H groups in total. The molecule has 2 aliphatic rings. The van der Waals surface area contributed by atoms with Gasteiger partial charge in [0.05, 0.1) is 12.6 Å². The van der Waals surface area contributed by atoms with Gasteiger partial charge in [-0.1, -0.05) is 12.1 Å². The summed E-state index contributed by atoms with van der Waals surface area (Å²) < 4.78 is 0. The number of piperazine rings is 1. The van der Waals surface area contributed by atoms with Crippen molar-refractivity contribution in [3.63, 3.8) is 0 Å². The van der Waals surface area contributed by atoms with Crippen molar-refractivity contribution in [2.45, 2.75) is 25.9 Å². The van der Waals surface area contributed by atoms with Crippen molar-refractivity contribution in [2.24, 2.45) is 0 Å². The Morgan fingerprint density at radius 1 is 1.04 bits per heavy atom. The number of imide groups is 1. The van der Waals surface area contributed by atoms with E-state index < -0.39 is 6.10 Å². The quantitative estimate of drug-likeness (QED) is 0.802. The third-order valence-corrected chi connectivity index (χ3v) is 4.76. The Labute approximate surface area is 142 Å². The molecular formula is C18H25N3O3. The molecule has 0 saturated carbocycles. The summed E-state index contributed by atoms with van der Waals surface area (Å²) in [6.45, 7) is 6.28. The lowest BCUT2D eigenvalue weighted by Gasteiger charge is -2.37. The van der Waals surface area contributed by atoms with Gasteiger partial charge in [0.25, 0.3) is 0 Å². The van der Waals surface area contributed by atoms with E-state index in [1.807, 2.05) is 0 Å². The van der Waals surface area contributed by atoms with Gasteiger partial charge < -0.3 is 10.0 Å². The first-order chi connectivity index (χ1) is 11.5. The molecule has 0 bridgehead atoms. The summed E-state index contributed by atoms with van der Waals surface area (Å²) in [5.41, 5.74) is 2.49. The maximum atomic E-state index is 11.6. The van der Waals surface area contributed by atoms with Crippen LogP contribution in [0, 0.1) is 6.92 Å². The van der Waals surface area contributed by atoms with Crippen LogP contribution in [0.25, 0.3) is 0 Å². The van der Waals surface area contributed by atoms with Crippen LogP contribution in [0.2, 0.25) is 0 Å². The first-order valence-electron chi connectivity index (χ1n) is 8.58. The number of likely N-dealkylation sites (tertiary alicyclic amines) is 1. The van der Waals surface area contributed by atoms with Crippen molar-refractivity contribution < 1.29 is 14.7 Å². The van der Waals surface area contributed by atoms with Gasteiger partial charge in [0.1, 0.15) is 0 Å². The van der Waals surface area contributed by atoms with Crippen LogP contribution >= 0.6 is 0 Å². The zero-order valence-corrected chi connectivity index (χ0v) is 14.1. The van der Waals surface area contributed by atoms with E-state index in [0.29, 0.717) is 6.54 Å². The van der Waals surface area contributed by atoms with E-state index in [4.69, 9.17) is 0 Å². The predicted molar refractivity (Wildman–Crippen MR) is 91.8 cm³/mol. The number of nitrogens with zero attached hydrogens (tertiary/aromatic N) is 3. The summed E-state index contributed by atoms with van der Waals surface area (Å²) in [4.78, 5) is 29.0. The van der Waals surface area contributed by atoms with E-state index in [0.717, 1.165) is 26.2 Å². The number of aliphatic hydroxyl groups is 1. The van der Waals surface area contributed by atoms with E-state index in [1.54, 1.807) is 0 Å². The Kier molecular flexibility index (Phi) is 5.16. The predicted octanol–water partition coefficient (Wildman–Crippen LogP) is 0.627. The van der Waals surface area contributed by atoms with Gasteiger partial charge in [0.2, 0.25) is 11.8 Å². The van der Waals surface area contributed by atoms with Gasteiger partial charge in [-0.05, 0) is 24.6 Å². The van der Waals surface area contributed by atoms with Crippen LogP contribution in [-0.4, -0.2) is 72.1 Å². The highest BCUT2D eigenvalue weighted by Gasteiger charge is 2.31. The standard InChI is InChI=1S/C18H25N3O3/c1-14-3-2-4-15(11-14)20-9-7-19(8-10-20)12-16(22)13-21-17(23)5-6-18(21)24/h2-4,11,16,22H,5-10,12-13H2,1H3/t16-/m1/s1. The number of amides is 2. The Hall–Kier alpha value is -1.92. The molecule has 1 aromatic rings.